The van der Waals surface area contributed by atoms with Crippen molar-refractivity contribution in [3.8, 4) is 5.88 Å². The molecular formula is C8H8ClFN2O3. The molecule has 0 aromatic carbocycles. The first-order valence-electron chi connectivity index (χ1n) is 3.89. The molecule has 0 fully saturated rings. The number of aromatic nitrogens is 1. The Morgan fingerprint density at radius 3 is 2.87 bits per heavy atom. The number of nitrogens with two attached hydrogens (primary N) is 1. The molecule has 5 nitrogen and oxygen atoms in total. The minimum Gasteiger partial charge on any atom is -0.479 e. The van der Waals surface area contributed by atoms with Gasteiger partial charge >= 0.3 is 5.97 Å². The molecule has 0 saturated heterocycles. The second-order valence-corrected chi connectivity index (χ2v) is 3.12. The highest BCUT2D eigenvalue weighted by atomic mass is 35.5. The van der Waals surface area contributed by atoms with Gasteiger partial charge in [-0.25, -0.2) is 4.79 Å². The van der Waals surface area contributed by atoms with E-state index in [0.29, 0.717) is 5.56 Å². The van der Waals surface area contributed by atoms with E-state index >= 15 is 0 Å². The fourth-order valence-electron chi connectivity index (χ4n) is 0.884. The molecule has 82 valence electrons. The third kappa shape index (κ3) is 2.47. The molecule has 0 radical (unpaired) electrons. The van der Waals surface area contributed by atoms with E-state index in [0.717, 1.165) is 0 Å². The number of ether oxygens (including phenoxy) is 1. The first kappa shape index (κ1) is 11.5. The van der Waals surface area contributed by atoms with Crippen LogP contribution in [0, 0.1) is 12.9 Å². The summed E-state index contributed by atoms with van der Waals surface area (Å²) in [6, 6.07) is 0. The van der Waals surface area contributed by atoms with Gasteiger partial charge in [0.05, 0.1) is 5.69 Å². The Balaban J connectivity index is 3.04. The van der Waals surface area contributed by atoms with Crippen LogP contribution >= 0.6 is 11.6 Å². The normalized spacial score (nSPS) is 10.1. The molecule has 1 aromatic rings. The van der Waals surface area contributed by atoms with E-state index in [4.69, 9.17) is 27.2 Å². The third-order valence-electron chi connectivity index (χ3n) is 1.67. The lowest BCUT2D eigenvalue weighted by Crippen LogP contribution is -2.12. The molecule has 7 heteroatoms. The zero-order chi connectivity index (χ0) is 11.6. The van der Waals surface area contributed by atoms with Crippen molar-refractivity contribution < 1.29 is 19.0 Å². The summed E-state index contributed by atoms with van der Waals surface area (Å²) in [5, 5.41) is 8.06. The van der Waals surface area contributed by atoms with Crippen molar-refractivity contribution in [2.45, 2.75) is 6.92 Å². The first-order valence-corrected chi connectivity index (χ1v) is 4.27. The number of hydrogen-bond donors (Lipinski definition) is 2. The average Bonchev–Trinajstić information content (AvgIpc) is 2.18. The van der Waals surface area contributed by atoms with Crippen LogP contribution in [0.3, 0.4) is 0 Å². The van der Waals surface area contributed by atoms with Crippen LogP contribution in [0.2, 0.25) is 5.02 Å². The zero-order valence-corrected chi connectivity index (χ0v) is 8.51. The molecular weight excluding hydrogens is 227 g/mol. The number of pyridine rings is 1. The quantitative estimate of drug-likeness (QED) is 0.769. The number of nitrogen functional groups attached to an aromatic ring is 1. The van der Waals surface area contributed by atoms with E-state index < -0.39 is 18.5 Å². The fraction of sp³-hybridized carbons (Fsp3) is 0.250. The minimum atomic E-state index is -1.19. The van der Waals surface area contributed by atoms with Gasteiger partial charge in [-0.1, -0.05) is 11.6 Å². The van der Waals surface area contributed by atoms with Gasteiger partial charge in [0.1, 0.15) is 5.02 Å². The van der Waals surface area contributed by atoms with Gasteiger partial charge in [-0.15, -0.1) is 0 Å². The van der Waals surface area contributed by atoms with Gasteiger partial charge in [0.15, 0.2) is 6.61 Å². The topological polar surface area (TPSA) is 85.4 Å². The molecule has 1 rings (SSSR count). The maximum atomic E-state index is 13.0. The van der Waals surface area contributed by atoms with Crippen molar-refractivity contribution in [2.75, 3.05) is 12.3 Å². The molecule has 0 aliphatic rings. The number of carboxylic acid groups (broad SMARTS) is 1. The van der Waals surface area contributed by atoms with Crippen molar-refractivity contribution in [3.63, 3.8) is 0 Å². The number of nitrogens with zero attached hydrogens (tertiary/aromatic N) is 1. The summed E-state index contributed by atoms with van der Waals surface area (Å²) in [6.45, 7) is 0.888. The van der Waals surface area contributed by atoms with Crippen molar-refractivity contribution >= 4 is 23.3 Å². The molecule has 3 N–H and O–H groups in total. The Hall–Kier alpha value is -1.56. The van der Waals surface area contributed by atoms with Crippen molar-refractivity contribution in [3.05, 3.63) is 16.5 Å². The van der Waals surface area contributed by atoms with Crippen LogP contribution in [0.15, 0.2) is 0 Å². The summed E-state index contributed by atoms with van der Waals surface area (Å²) in [5.74, 6) is -2.35. The van der Waals surface area contributed by atoms with Crippen molar-refractivity contribution in [1.29, 1.82) is 0 Å². The van der Waals surface area contributed by atoms with E-state index in [9.17, 15) is 9.18 Å². The van der Waals surface area contributed by atoms with Gasteiger partial charge in [-0.3, -0.25) is 0 Å². The second-order valence-electron chi connectivity index (χ2n) is 2.74. The maximum Gasteiger partial charge on any atom is 0.341 e. The molecule has 0 atom stereocenters. The number of hydrogen-bond acceptors (Lipinski definition) is 4. The summed E-state index contributed by atoms with van der Waals surface area (Å²) in [7, 11) is 0. The van der Waals surface area contributed by atoms with Crippen molar-refractivity contribution in [2.24, 2.45) is 0 Å². The van der Waals surface area contributed by atoms with Crippen LogP contribution in [0.1, 0.15) is 5.56 Å². The number of anilines is 1. The van der Waals surface area contributed by atoms with Crippen molar-refractivity contribution in [1.82, 2.24) is 4.98 Å². The largest absolute Gasteiger partial charge is 0.479 e. The number of rotatable bonds is 3. The Labute approximate surface area is 89.6 Å². The molecule has 0 aliphatic heterocycles. The predicted molar refractivity (Wildman–Crippen MR) is 51.5 cm³/mol. The monoisotopic (exact) mass is 234 g/mol. The average molecular weight is 235 g/mol. The van der Waals surface area contributed by atoms with Crippen LogP contribution in [-0.4, -0.2) is 22.7 Å². The minimum absolute atomic E-state index is 0.00967. The van der Waals surface area contributed by atoms with E-state index in [1.807, 2.05) is 0 Å². The first-order chi connectivity index (χ1) is 6.93. The van der Waals surface area contributed by atoms with Gasteiger partial charge < -0.3 is 15.6 Å². The van der Waals surface area contributed by atoms with Crippen LogP contribution < -0.4 is 10.5 Å². The zero-order valence-electron chi connectivity index (χ0n) is 7.75. The fourth-order valence-corrected chi connectivity index (χ4v) is 1.07. The Morgan fingerprint density at radius 2 is 2.33 bits per heavy atom. The van der Waals surface area contributed by atoms with Crippen LogP contribution in [0.4, 0.5) is 10.1 Å². The third-order valence-corrected chi connectivity index (χ3v) is 2.03. The summed E-state index contributed by atoms with van der Waals surface area (Å²) in [5.41, 5.74) is 5.75. The van der Waals surface area contributed by atoms with Gasteiger partial charge in [-0.2, -0.15) is 9.37 Å². The maximum absolute atomic E-state index is 13.0. The highest BCUT2D eigenvalue weighted by Gasteiger charge is 2.15. The number of halogens is 2. The van der Waals surface area contributed by atoms with E-state index in [2.05, 4.69) is 4.98 Å². The lowest BCUT2D eigenvalue weighted by atomic mass is 10.2. The summed E-state index contributed by atoms with van der Waals surface area (Å²) in [6.07, 6.45) is 0. The highest BCUT2D eigenvalue weighted by Crippen LogP contribution is 2.30. The van der Waals surface area contributed by atoms with Crippen LogP contribution in [0.25, 0.3) is 0 Å². The summed E-state index contributed by atoms with van der Waals surface area (Å²) in [4.78, 5) is 13.6. The molecule has 1 aromatic heterocycles. The van der Waals surface area contributed by atoms with Gasteiger partial charge in [0.2, 0.25) is 11.8 Å². The predicted octanol–water partition coefficient (Wildman–Crippen LogP) is 1.23. The molecule has 0 bridgehead atoms. The van der Waals surface area contributed by atoms with E-state index in [-0.39, 0.29) is 16.6 Å². The summed E-state index contributed by atoms with van der Waals surface area (Å²) < 4.78 is 17.7. The standard InChI is InChI=1S/C8H8ClFN2O3/c1-3-6(11)5(9)7(10)12-8(3)15-2-4(13)14/h2H2,1H3,(H2,11,12)(H,13,14). The number of aliphatic carboxylic acids is 1. The summed E-state index contributed by atoms with van der Waals surface area (Å²) >= 11 is 5.48. The molecule has 0 spiro atoms. The molecule has 0 amide bonds. The molecule has 15 heavy (non-hydrogen) atoms. The number of carbonyl (C=O) groups is 1. The van der Waals surface area contributed by atoms with Gasteiger partial charge in [0.25, 0.3) is 0 Å². The number of carboxylic acids is 1. The Morgan fingerprint density at radius 1 is 1.73 bits per heavy atom. The lowest BCUT2D eigenvalue weighted by molar-refractivity contribution is -0.139. The van der Waals surface area contributed by atoms with E-state index in [1.165, 1.54) is 6.92 Å². The molecule has 0 unspecified atom stereocenters. The Kier molecular flexibility index (Phi) is 3.31. The smallest absolute Gasteiger partial charge is 0.341 e. The highest BCUT2D eigenvalue weighted by molar-refractivity contribution is 6.33. The molecule has 1 heterocycles. The van der Waals surface area contributed by atoms with Crippen LogP contribution in [0.5, 0.6) is 5.88 Å². The molecule has 0 aliphatic carbocycles. The van der Waals surface area contributed by atoms with Crippen LogP contribution in [-0.2, 0) is 4.79 Å². The van der Waals surface area contributed by atoms with Gasteiger partial charge in [-0.05, 0) is 6.92 Å². The lowest BCUT2D eigenvalue weighted by Gasteiger charge is -2.09. The van der Waals surface area contributed by atoms with Gasteiger partial charge in [0, 0.05) is 5.56 Å². The Bertz CT molecular complexity index is 411. The second kappa shape index (κ2) is 4.31. The molecule has 0 saturated carbocycles. The van der Waals surface area contributed by atoms with E-state index in [1.54, 1.807) is 0 Å². The SMILES string of the molecule is Cc1c(OCC(=O)O)nc(F)c(Cl)c1N.